The molecule has 0 aliphatic carbocycles. The number of nitrogens with zero attached hydrogens (tertiary/aromatic N) is 1. The molecule has 26 heavy (non-hydrogen) atoms. The van der Waals surface area contributed by atoms with Gasteiger partial charge in [0.25, 0.3) is 0 Å². The van der Waals surface area contributed by atoms with Crippen LogP contribution in [0.5, 0.6) is 5.75 Å². The number of hydrogen-bond donors (Lipinski definition) is 1. The van der Waals surface area contributed by atoms with E-state index < -0.39 is 28.7 Å². The summed E-state index contributed by atoms with van der Waals surface area (Å²) < 4.78 is 27.8. The molecular weight excluding hydrogens is 415 g/mol. The molecule has 0 amide bonds. The van der Waals surface area contributed by atoms with Crippen LogP contribution in [0.2, 0.25) is 0 Å². The van der Waals surface area contributed by atoms with E-state index in [0.717, 1.165) is 17.8 Å². The number of phenols is 1. The summed E-state index contributed by atoms with van der Waals surface area (Å²) >= 11 is -0.556. The Labute approximate surface area is 166 Å². The molecule has 7 heteroatoms. The Balaban J connectivity index is 0.000000758. The van der Waals surface area contributed by atoms with Gasteiger partial charge >= 0.3 is 35.6 Å². The molecule has 0 aliphatic rings. The zero-order valence-corrected chi connectivity index (χ0v) is 16.4. The standard InChI is InChI=1S/C19H13F2NO.2ClH.Ti/c20-16-10-5-11-17(21)18(16)15-9-4-6-13(19(15)23)12-22-14-7-2-1-3-8-14;;;/h1-12,23H;2*1H;/q;;;+2/p-2. The molecule has 1 N–H and O–H groups in total. The SMILES string of the molecule is Oc1c(C=Nc2ccccc2)cccc1-c1c(F)cccc1F.[Cl][Ti][Cl]. The fourth-order valence-electron chi connectivity index (χ4n) is 2.28. The molecule has 0 unspecified atom stereocenters. The van der Waals surface area contributed by atoms with Crippen LogP contribution in [0.15, 0.2) is 71.7 Å². The molecule has 132 valence electrons. The molecule has 0 heterocycles. The van der Waals surface area contributed by atoms with Gasteiger partial charge in [-0.25, -0.2) is 8.78 Å². The van der Waals surface area contributed by atoms with Crippen LogP contribution in [0.4, 0.5) is 14.5 Å². The van der Waals surface area contributed by atoms with Crippen molar-refractivity contribution < 1.29 is 30.9 Å². The zero-order chi connectivity index (χ0) is 18.9. The number of halogens is 4. The van der Waals surface area contributed by atoms with E-state index >= 15 is 0 Å². The molecule has 0 saturated heterocycles. The minimum atomic E-state index is -0.725. The number of rotatable bonds is 3. The third kappa shape index (κ3) is 5.39. The molecule has 0 aromatic heterocycles. The molecule has 0 aliphatic heterocycles. The van der Waals surface area contributed by atoms with Gasteiger partial charge in [-0.1, -0.05) is 36.4 Å². The van der Waals surface area contributed by atoms with Gasteiger partial charge in [0.2, 0.25) is 0 Å². The molecule has 3 rings (SSSR count). The fraction of sp³-hybridized carbons (Fsp3) is 0. The topological polar surface area (TPSA) is 32.6 Å². The molecular formula is C19H13Cl2F2NOTi. The van der Waals surface area contributed by atoms with Gasteiger partial charge in [-0.3, -0.25) is 4.99 Å². The first-order valence-corrected chi connectivity index (χ1v) is 11.7. The Kier molecular flexibility index (Phi) is 8.27. The van der Waals surface area contributed by atoms with Crippen LogP contribution in [0.3, 0.4) is 0 Å². The molecule has 0 radical (unpaired) electrons. The fourth-order valence-corrected chi connectivity index (χ4v) is 2.28. The summed E-state index contributed by atoms with van der Waals surface area (Å²) in [4.78, 5) is 4.24. The average molecular weight is 428 g/mol. The summed E-state index contributed by atoms with van der Waals surface area (Å²) in [6.45, 7) is 0. The normalized spacial score (nSPS) is 10.3. The van der Waals surface area contributed by atoms with Crippen LogP contribution < -0.4 is 0 Å². The van der Waals surface area contributed by atoms with E-state index in [1.807, 2.05) is 30.3 Å². The summed E-state index contributed by atoms with van der Waals surface area (Å²) in [5, 5.41) is 10.3. The Hall–Kier alpha value is -1.72. The van der Waals surface area contributed by atoms with Crippen LogP contribution in [0.25, 0.3) is 11.1 Å². The molecule has 2 nitrogen and oxygen atoms in total. The van der Waals surface area contributed by atoms with E-state index in [4.69, 9.17) is 18.6 Å². The Morgan fingerprint density at radius 2 is 1.42 bits per heavy atom. The van der Waals surface area contributed by atoms with Crippen LogP contribution >= 0.6 is 18.6 Å². The van der Waals surface area contributed by atoms with Crippen molar-refractivity contribution in [3.63, 3.8) is 0 Å². The first-order valence-electron chi connectivity index (χ1n) is 7.40. The van der Waals surface area contributed by atoms with E-state index in [1.54, 1.807) is 12.1 Å². The molecule has 3 aromatic carbocycles. The van der Waals surface area contributed by atoms with Gasteiger partial charge in [-0.15, -0.1) is 0 Å². The van der Waals surface area contributed by atoms with Crippen molar-refractivity contribution in [2.75, 3.05) is 0 Å². The van der Waals surface area contributed by atoms with Crippen molar-refractivity contribution in [3.8, 4) is 16.9 Å². The van der Waals surface area contributed by atoms with Crippen molar-refractivity contribution in [2.45, 2.75) is 0 Å². The molecule has 0 bridgehead atoms. The van der Waals surface area contributed by atoms with Gasteiger partial charge in [-0.2, -0.15) is 0 Å². The van der Waals surface area contributed by atoms with Crippen LogP contribution in [0.1, 0.15) is 5.56 Å². The first-order chi connectivity index (χ1) is 12.6. The first kappa shape index (κ1) is 20.6. The predicted octanol–water partition coefficient (Wildman–Crippen LogP) is 6.46. The third-order valence-electron chi connectivity index (χ3n) is 3.41. The molecule has 3 aromatic rings. The second-order valence-electron chi connectivity index (χ2n) is 5.01. The molecule has 0 saturated carbocycles. The van der Waals surface area contributed by atoms with Crippen LogP contribution in [-0.4, -0.2) is 11.3 Å². The Morgan fingerprint density at radius 3 is 2.04 bits per heavy atom. The number of aliphatic imine (C=N–C) groups is 1. The van der Waals surface area contributed by atoms with Crippen molar-refractivity contribution in [2.24, 2.45) is 4.99 Å². The van der Waals surface area contributed by atoms with E-state index in [0.29, 0.717) is 5.56 Å². The number of benzene rings is 3. The molecule has 0 atom stereocenters. The number of hydrogen-bond acceptors (Lipinski definition) is 2. The summed E-state index contributed by atoms with van der Waals surface area (Å²) in [6, 6.07) is 17.5. The Bertz CT molecular complexity index is 872. The molecule has 0 fully saturated rings. The van der Waals surface area contributed by atoms with E-state index in [1.165, 1.54) is 18.3 Å². The summed E-state index contributed by atoms with van der Waals surface area (Å²) in [5.74, 6) is -1.66. The van der Waals surface area contributed by atoms with Gasteiger partial charge in [0.1, 0.15) is 17.4 Å². The van der Waals surface area contributed by atoms with Gasteiger partial charge in [-0.05, 0) is 30.3 Å². The van der Waals surface area contributed by atoms with Gasteiger partial charge in [0.15, 0.2) is 0 Å². The van der Waals surface area contributed by atoms with Crippen molar-refractivity contribution in [3.05, 3.63) is 83.9 Å². The predicted molar refractivity (Wildman–Crippen MR) is 98.9 cm³/mol. The van der Waals surface area contributed by atoms with Gasteiger partial charge in [0.05, 0.1) is 11.3 Å². The van der Waals surface area contributed by atoms with Gasteiger partial charge < -0.3 is 5.11 Å². The summed E-state index contributed by atoms with van der Waals surface area (Å²) in [6.07, 6.45) is 1.47. The van der Waals surface area contributed by atoms with E-state index in [-0.39, 0.29) is 16.9 Å². The van der Waals surface area contributed by atoms with Crippen molar-refractivity contribution >= 4 is 30.5 Å². The zero-order valence-electron chi connectivity index (χ0n) is 13.3. The van der Waals surface area contributed by atoms with E-state index in [2.05, 4.69) is 4.99 Å². The van der Waals surface area contributed by atoms with Crippen molar-refractivity contribution in [1.82, 2.24) is 0 Å². The Morgan fingerprint density at radius 1 is 0.846 bits per heavy atom. The van der Waals surface area contributed by atoms with Gasteiger partial charge in [0, 0.05) is 17.3 Å². The maximum absolute atomic E-state index is 13.9. The second-order valence-corrected chi connectivity index (χ2v) is 7.58. The quantitative estimate of drug-likeness (QED) is 0.377. The number of para-hydroxylation sites is 2. The van der Waals surface area contributed by atoms with Crippen molar-refractivity contribution in [1.29, 1.82) is 0 Å². The average Bonchev–Trinajstić information content (AvgIpc) is 2.63. The maximum atomic E-state index is 13.9. The monoisotopic (exact) mass is 427 g/mol. The minimum absolute atomic E-state index is 0.0950. The number of aromatic hydroxyl groups is 1. The second kappa shape index (κ2) is 10.4. The third-order valence-corrected chi connectivity index (χ3v) is 3.41. The number of phenolic OH excluding ortho intramolecular Hbond substituents is 1. The summed E-state index contributed by atoms with van der Waals surface area (Å²) in [7, 11) is 9.78. The van der Waals surface area contributed by atoms with Crippen LogP contribution in [0, 0.1) is 11.6 Å². The summed E-state index contributed by atoms with van der Waals surface area (Å²) in [5.41, 5.74) is 0.945. The molecule has 0 spiro atoms. The van der Waals surface area contributed by atoms with E-state index in [9.17, 15) is 13.9 Å². The van der Waals surface area contributed by atoms with Crippen LogP contribution in [-0.2, 0) is 17.0 Å².